The van der Waals surface area contributed by atoms with Crippen molar-refractivity contribution in [2.75, 3.05) is 7.11 Å². The van der Waals surface area contributed by atoms with Crippen molar-refractivity contribution >= 4 is 0 Å². The predicted molar refractivity (Wildman–Crippen MR) is 92.7 cm³/mol. The highest BCUT2D eigenvalue weighted by Gasteiger charge is 2.30. The summed E-state index contributed by atoms with van der Waals surface area (Å²) >= 11 is 0. The van der Waals surface area contributed by atoms with E-state index in [4.69, 9.17) is 9.15 Å². The zero-order chi connectivity index (χ0) is 18.6. The van der Waals surface area contributed by atoms with E-state index >= 15 is 0 Å². The molecular weight excluding hydrogens is 343 g/mol. The van der Waals surface area contributed by atoms with Gasteiger partial charge in [0.05, 0.1) is 19.2 Å². The topological polar surface area (TPSA) is 34.4 Å². The molecule has 1 heterocycles. The first kappa shape index (κ1) is 18.1. The molecule has 3 rings (SSSR count). The van der Waals surface area contributed by atoms with Crippen LogP contribution in [0.25, 0.3) is 11.3 Å². The fourth-order valence-corrected chi connectivity index (χ4v) is 2.65. The van der Waals surface area contributed by atoms with Gasteiger partial charge >= 0.3 is 6.18 Å². The third-order valence-corrected chi connectivity index (χ3v) is 3.94. The van der Waals surface area contributed by atoms with Crippen molar-refractivity contribution < 1.29 is 22.3 Å². The number of nitrogens with one attached hydrogen (secondary N) is 1. The molecule has 0 saturated heterocycles. The van der Waals surface area contributed by atoms with E-state index in [0.29, 0.717) is 30.2 Å². The Morgan fingerprint density at radius 2 is 1.77 bits per heavy atom. The Kier molecular flexibility index (Phi) is 5.32. The zero-order valence-electron chi connectivity index (χ0n) is 14.1. The number of benzene rings is 2. The van der Waals surface area contributed by atoms with Crippen LogP contribution in [0.5, 0.6) is 5.75 Å². The van der Waals surface area contributed by atoms with Gasteiger partial charge in [-0.3, -0.25) is 0 Å². The Labute approximate surface area is 149 Å². The molecule has 136 valence electrons. The maximum Gasteiger partial charge on any atom is 0.416 e. The second-order valence-electron chi connectivity index (χ2n) is 5.76. The summed E-state index contributed by atoms with van der Waals surface area (Å²) < 4.78 is 49.4. The molecule has 26 heavy (non-hydrogen) atoms. The molecule has 0 bridgehead atoms. The number of furan rings is 1. The molecule has 3 aromatic rings. The van der Waals surface area contributed by atoms with E-state index < -0.39 is 11.7 Å². The van der Waals surface area contributed by atoms with Crippen LogP contribution in [0, 0.1) is 0 Å². The molecule has 1 N–H and O–H groups in total. The van der Waals surface area contributed by atoms with Gasteiger partial charge in [0.1, 0.15) is 17.3 Å². The molecule has 2 aromatic carbocycles. The minimum Gasteiger partial charge on any atom is -0.496 e. The molecule has 0 unspecified atom stereocenters. The zero-order valence-corrected chi connectivity index (χ0v) is 14.1. The van der Waals surface area contributed by atoms with E-state index in [1.165, 1.54) is 6.07 Å². The Morgan fingerprint density at radius 1 is 0.962 bits per heavy atom. The van der Waals surface area contributed by atoms with Crippen molar-refractivity contribution in [2.24, 2.45) is 0 Å². The third-order valence-electron chi connectivity index (χ3n) is 3.94. The number of alkyl halides is 3. The van der Waals surface area contributed by atoms with Crippen LogP contribution in [0.1, 0.15) is 16.9 Å². The third kappa shape index (κ3) is 4.26. The van der Waals surface area contributed by atoms with E-state index in [1.54, 1.807) is 25.3 Å². The van der Waals surface area contributed by atoms with Crippen LogP contribution in [0.15, 0.2) is 65.1 Å². The van der Waals surface area contributed by atoms with Gasteiger partial charge in [0, 0.05) is 17.7 Å². The van der Waals surface area contributed by atoms with Crippen LogP contribution in [0.3, 0.4) is 0 Å². The van der Waals surface area contributed by atoms with Crippen molar-refractivity contribution in [3.8, 4) is 17.1 Å². The molecule has 0 aliphatic rings. The molecule has 6 heteroatoms. The second-order valence-corrected chi connectivity index (χ2v) is 5.76. The monoisotopic (exact) mass is 361 g/mol. The molecule has 0 spiro atoms. The molecule has 0 radical (unpaired) electrons. The number of hydrogen-bond acceptors (Lipinski definition) is 3. The maximum atomic E-state index is 12.8. The van der Waals surface area contributed by atoms with Gasteiger partial charge in [-0.1, -0.05) is 30.3 Å². The summed E-state index contributed by atoms with van der Waals surface area (Å²) in [4.78, 5) is 0. The normalized spacial score (nSPS) is 11.5. The van der Waals surface area contributed by atoms with Gasteiger partial charge < -0.3 is 14.5 Å². The van der Waals surface area contributed by atoms with Crippen LogP contribution in [0.2, 0.25) is 0 Å². The van der Waals surface area contributed by atoms with E-state index in [1.807, 2.05) is 24.3 Å². The molecule has 0 aliphatic heterocycles. The largest absolute Gasteiger partial charge is 0.496 e. The van der Waals surface area contributed by atoms with E-state index in [2.05, 4.69) is 5.32 Å². The number of halogens is 3. The quantitative estimate of drug-likeness (QED) is 0.650. The first-order chi connectivity index (χ1) is 12.5. The Bertz CT molecular complexity index is 871. The van der Waals surface area contributed by atoms with E-state index in [0.717, 1.165) is 23.4 Å². The fraction of sp³-hybridized carbons (Fsp3) is 0.200. The lowest BCUT2D eigenvalue weighted by atomic mass is 10.1. The van der Waals surface area contributed by atoms with Crippen molar-refractivity contribution in [2.45, 2.75) is 19.3 Å². The number of ether oxygens (including phenoxy) is 1. The SMILES string of the molecule is COc1ccccc1CNCc1ccc(-c2cccc(C(F)(F)F)c2)o1. The van der Waals surface area contributed by atoms with Crippen molar-refractivity contribution in [1.82, 2.24) is 5.32 Å². The van der Waals surface area contributed by atoms with E-state index in [-0.39, 0.29) is 0 Å². The Morgan fingerprint density at radius 3 is 2.54 bits per heavy atom. The van der Waals surface area contributed by atoms with Crippen LogP contribution in [-0.4, -0.2) is 7.11 Å². The fourth-order valence-electron chi connectivity index (χ4n) is 2.65. The summed E-state index contributed by atoms with van der Waals surface area (Å²) in [6.45, 7) is 1.04. The van der Waals surface area contributed by atoms with Gasteiger partial charge in [-0.05, 0) is 30.3 Å². The number of rotatable bonds is 6. The van der Waals surface area contributed by atoms with Gasteiger partial charge in [-0.25, -0.2) is 0 Å². The summed E-state index contributed by atoms with van der Waals surface area (Å²) in [5.41, 5.74) is 0.720. The molecule has 3 nitrogen and oxygen atoms in total. The summed E-state index contributed by atoms with van der Waals surface area (Å²) in [5.74, 6) is 1.85. The molecule has 0 amide bonds. The lowest BCUT2D eigenvalue weighted by Crippen LogP contribution is -2.12. The summed E-state index contributed by atoms with van der Waals surface area (Å²) in [6, 6.07) is 16.2. The second kappa shape index (κ2) is 7.66. The average Bonchev–Trinajstić information content (AvgIpc) is 3.10. The minimum absolute atomic E-state index is 0.399. The average molecular weight is 361 g/mol. The smallest absolute Gasteiger partial charge is 0.416 e. The standard InChI is InChI=1S/C20H18F3NO2/c1-25-18-8-3-2-5-15(18)12-24-13-17-9-10-19(26-17)14-6-4-7-16(11-14)20(21,22)23/h2-11,24H,12-13H2,1H3. The van der Waals surface area contributed by atoms with Gasteiger partial charge in [0.2, 0.25) is 0 Å². The molecule has 1 aromatic heterocycles. The number of methoxy groups -OCH3 is 1. The van der Waals surface area contributed by atoms with Crippen LogP contribution in [0.4, 0.5) is 13.2 Å². The van der Waals surface area contributed by atoms with Gasteiger partial charge in [0.15, 0.2) is 0 Å². The highest BCUT2D eigenvalue weighted by molar-refractivity contribution is 5.58. The lowest BCUT2D eigenvalue weighted by Gasteiger charge is -2.08. The summed E-state index contributed by atoms with van der Waals surface area (Å²) in [5, 5.41) is 3.24. The molecular formula is C20H18F3NO2. The maximum absolute atomic E-state index is 12.8. The molecule has 0 fully saturated rings. The highest BCUT2D eigenvalue weighted by Crippen LogP contribution is 2.32. The predicted octanol–water partition coefficient (Wildman–Crippen LogP) is 5.26. The Balaban J connectivity index is 1.65. The summed E-state index contributed by atoms with van der Waals surface area (Å²) in [6.07, 6.45) is -4.37. The van der Waals surface area contributed by atoms with Crippen LogP contribution < -0.4 is 10.1 Å². The van der Waals surface area contributed by atoms with Gasteiger partial charge in [0.25, 0.3) is 0 Å². The first-order valence-corrected chi connectivity index (χ1v) is 8.06. The Hall–Kier alpha value is -2.73. The van der Waals surface area contributed by atoms with E-state index in [9.17, 15) is 13.2 Å². The van der Waals surface area contributed by atoms with Crippen LogP contribution in [-0.2, 0) is 19.3 Å². The lowest BCUT2D eigenvalue weighted by molar-refractivity contribution is -0.137. The van der Waals surface area contributed by atoms with Gasteiger partial charge in [-0.2, -0.15) is 13.2 Å². The van der Waals surface area contributed by atoms with Crippen molar-refractivity contribution in [1.29, 1.82) is 0 Å². The minimum atomic E-state index is -4.37. The first-order valence-electron chi connectivity index (χ1n) is 8.06. The highest BCUT2D eigenvalue weighted by atomic mass is 19.4. The van der Waals surface area contributed by atoms with Crippen molar-refractivity contribution in [3.63, 3.8) is 0 Å². The number of para-hydroxylation sites is 1. The summed E-state index contributed by atoms with van der Waals surface area (Å²) in [7, 11) is 1.62. The molecule has 0 saturated carbocycles. The number of hydrogen-bond donors (Lipinski definition) is 1. The van der Waals surface area contributed by atoms with Crippen LogP contribution >= 0.6 is 0 Å². The molecule has 0 atom stereocenters. The van der Waals surface area contributed by atoms with Gasteiger partial charge in [-0.15, -0.1) is 0 Å². The molecule has 0 aliphatic carbocycles. The van der Waals surface area contributed by atoms with Crippen molar-refractivity contribution in [3.05, 3.63) is 77.6 Å².